The number of allylic oxidation sites excluding steroid dienone is 1. The van der Waals surface area contributed by atoms with Crippen molar-refractivity contribution in [3.8, 4) is 0 Å². The van der Waals surface area contributed by atoms with Gasteiger partial charge in [0.2, 0.25) is 0 Å². The van der Waals surface area contributed by atoms with E-state index in [1.54, 1.807) is 5.57 Å². The van der Waals surface area contributed by atoms with Gasteiger partial charge in [0.25, 0.3) is 0 Å². The highest BCUT2D eigenvalue weighted by Gasteiger charge is 2.58. The summed E-state index contributed by atoms with van der Waals surface area (Å²) >= 11 is 0. The van der Waals surface area contributed by atoms with Crippen molar-refractivity contribution in [2.24, 2.45) is 34.5 Å². The summed E-state index contributed by atoms with van der Waals surface area (Å²) in [6, 6.07) is 0. The van der Waals surface area contributed by atoms with Gasteiger partial charge in [0.1, 0.15) is 0 Å². The van der Waals surface area contributed by atoms with Crippen LogP contribution < -0.4 is 0 Å². The van der Waals surface area contributed by atoms with Crippen molar-refractivity contribution in [2.75, 3.05) is 0 Å². The zero-order valence-corrected chi connectivity index (χ0v) is 18.1. The minimum absolute atomic E-state index is 0.0960. The molecule has 2 heteroatoms. The minimum Gasteiger partial charge on any atom is -0.393 e. The van der Waals surface area contributed by atoms with Crippen LogP contribution in [0.15, 0.2) is 11.6 Å². The van der Waals surface area contributed by atoms with Crippen LogP contribution in [-0.4, -0.2) is 21.9 Å². The average molecular weight is 375 g/mol. The zero-order chi connectivity index (χ0) is 19.4. The Morgan fingerprint density at radius 2 is 1.85 bits per heavy atom. The largest absolute Gasteiger partial charge is 0.393 e. The fraction of sp³-hybridized carbons (Fsp3) is 0.920. The molecule has 7 atom stereocenters. The Morgan fingerprint density at radius 1 is 1.07 bits per heavy atom. The highest BCUT2D eigenvalue weighted by Crippen LogP contribution is 2.66. The first kappa shape index (κ1) is 20.0. The van der Waals surface area contributed by atoms with Crippen LogP contribution in [0.3, 0.4) is 0 Å². The van der Waals surface area contributed by atoms with E-state index in [2.05, 4.69) is 19.9 Å². The second-order valence-corrected chi connectivity index (χ2v) is 11.7. The Bertz CT molecular complexity index is 588. The van der Waals surface area contributed by atoms with Crippen molar-refractivity contribution in [3.63, 3.8) is 0 Å². The molecule has 3 fully saturated rings. The van der Waals surface area contributed by atoms with Gasteiger partial charge in [0.05, 0.1) is 11.7 Å². The first-order valence-electron chi connectivity index (χ1n) is 11.7. The first-order valence-corrected chi connectivity index (χ1v) is 11.7. The van der Waals surface area contributed by atoms with Crippen molar-refractivity contribution in [1.29, 1.82) is 0 Å². The molecule has 0 saturated heterocycles. The van der Waals surface area contributed by atoms with Gasteiger partial charge in [-0.05, 0) is 113 Å². The lowest BCUT2D eigenvalue weighted by Gasteiger charge is -2.58. The summed E-state index contributed by atoms with van der Waals surface area (Å²) in [7, 11) is 0. The van der Waals surface area contributed by atoms with E-state index in [0.29, 0.717) is 10.8 Å². The van der Waals surface area contributed by atoms with Gasteiger partial charge >= 0.3 is 0 Å². The lowest BCUT2D eigenvalue weighted by atomic mass is 9.47. The standard InChI is InChI=1S/C25H42O2/c1-23(2,27)13-5-6-17-8-10-21-20-9-7-18-16-19(26)11-14-25(18,4)22(20)12-15-24(17,21)3/h7,17,19-22,26-27H,5-6,8-16H2,1-4H3/t17-,19?,20?,21?,22?,24?,25?/m0/s1. The van der Waals surface area contributed by atoms with Gasteiger partial charge in [0, 0.05) is 0 Å². The molecule has 3 saturated carbocycles. The Balaban J connectivity index is 1.49. The van der Waals surface area contributed by atoms with Crippen molar-refractivity contribution in [3.05, 3.63) is 11.6 Å². The third kappa shape index (κ3) is 3.44. The summed E-state index contributed by atoms with van der Waals surface area (Å²) in [4.78, 5) is 0. The number of hydrogen-bond acceptors (Lipinski definition) is 2. The number of rotatable bonds is 4. The number of aliphatic hydroxyl groups is 2. The molecular formula is C25H42O2. The predicted octanol–water partition coefficient (Wildman–Crippen LogP) is 5.87. The highest BCUT2D eigenvalue weighted by atomic mass is 16.3. The Kier molecular flexibility index (Phi) is 5.08. The molecule has 2 nitrogen and oxygen atoms in total. The molecule has 0 bridgehead atoms. The second-order valence-electron chi connectivity index (χ2n) is 11.7. The number of aliphatic hydroxyl groups excluding tert-OH is 1. The van der Waals surface area contributed by atoms with Crippen LogP contribution in [0.1, 0.15) is 98.3 Å². The van der Waals surface area contributed by atoms with E-state index in [4.69, 9.17) is 0 Å². The smallest absolute Gasteiger partial charge is 0.0591 e. The van der Waals surface area contributed by atoms with Crippen molar-refractivity contribution in [1.82, 2.24) is 0 Å². The molecule has 0 aliphatic heterocycles. The van der Waals surface area contributed by atoms with E-state index in [1.807, 2.05) is 13.8 Å². The van der Waals surface area contributed by atoms with Gasteiger partial charge in [-0.1, -0.05) is 31.9 Å². The fourth-order valence-corrected chi connectivity index (χ4v) is 8.01. The zero-order valence-electron chi connectivity index (χ0n) is 18.1. The van der Waals surface area contributed by atoms with Gasteiger partial charge in [-0.3, -0.25) is 0 Å². The van der Waals surface area contributed by atoms with Crippen LogP contribution in [0, 0.1) is 34.5 Å². The Morgan fingerprint density at radius 3 is 2.59 bits per heavy atom. The van der Waals surface area contributed by atoms with E-state index in [-0.39, 0.29) is 6.10 Å². The molecule has 0 spiro atoms. The first-order chi connectivity index (χ1) is 12.6. The van der Waals surface area contributed by atoms with Crippen LogP contribution in [0.5, 0.6) is 0 Å². The molecule has 0 aromatic carbocycles. The second kappa shape index (κ2) is 6.87. The van der Waals surface area contributed by atoms with Crippen LogP contribution in [0.2, 0.25) is 0 Å². The maximum atomic E-state index is 10.2. The normalized spacial score (nSPS) is 47.0. The van der Waals surface area contributed by atoms with Crippen LogP contribution in [-0.2, 0) is 0 Å². The summed E-state index contributed by atoms with van der Waals surface area (Å²) in [6.07, 6.45) is 15.9. The summed E-state index contributed by atoms with van der Waals surface area (Å²) in [5.74, 6) is 3.47. The van der Waals surface area contributed by atoms with Crippen LogP contribution >= 0.6 is 0 Å². The summed E-state index contributed by atoms with van der Waals surface area (Å²) in [5, 5.41) is 20.2. The van der Waals surface area contributed by atoms with Gasteiger partial charge in [-0.2, -0.15) is 0 Å². The van der Waals surface area contributed by atoms with Crippen molar-refractivity contribution in [2.45, 2.75) is 110 Å². The molecule has 4 rings (SSSR count). The molecule has 4 aliphatic carbocycles. The maximum absolute atomic E-state index is 10.2. The molecular weight excluding hydrogens is 332 g/mol. The van der Waals surface area contributed by atoms with Crippen molar-refractivity contribution < 1.29 is 10.2 Å². The third-order valence-corrected chi connectivity index (χ3v) is 9.62. The topological polar surface area (TPSA) is 40.5 Å². The average Bonchev–Trinajstić information content (AvgIpc) is 2.91. The molecule has 4 aliphatic rings. The van der Waals surface area contributed by atoms with E-state index < -0.39 is 5.60 Å². The molecule has 154 valence electrons. The highest BCUT2D eigenvalue weighted by molar-refractivity contribution is 5.25. The van der Waals surface area contributed by atoms with Crippen LogP contribution in [0.4, 0.5) is 0 Å². The molecule has 6 unspecified atom stereocenters. The molecule has 2 N–H and O–H groups in total. The Labute approximate surface area is 166 Å². The predicted molar refractivity (Wildman–Crippen MR) is 111 cm³/mol. The summed E-state index contributed by atoms with van der Waals surface area (Å²) in [6.45, 7) is 9.04. The fourth-order valence-electron chi connectivity index (χ4n) is 8.01. The monoisotopic (exact) mass is 374 g/mol. The lowest BCUT2D eigenvalue weighted by molar-refractivity contribution is -0.0514. The molecule has 0 heterocycles. The lowest BCUT2D eigenvalue weighted by Crippen LogP contribution is -2.50. The van der Waals surface area contributed by atoms with Crippen LogP contribution in [0.25, 0.3) is 0 Å². The van der Waals surface area contributed by atoms with Gasteiger partial charge in [0.15, 0.2) is 0 Å². The van der Waals surface area contributed by atoms with E-state index >= 15 is 0 Å². The van der Waals surface area contributed by atoms with Gasteiger partial charge in [-0.15, -0.1) is 0 Å². The van der Waals surface area contributed by atoms with E-state index in [0.717, 1.165) is 42.9 Å². The molecule has 0 aromatic rings. The van der Waals surface area contributed by atoms with Gasteiger partial charge < -0.3 is 10.2 Å². The number of fused-ring (bicyclic) bond motifs is 5. The Hall–Kier alpha value is -0.340. The molecule has 0 aromatic heterocycles. The maximum Gasteiger partial charge on any atom is 0.0591 e. The SMILES string of the molecule is CC(C)(O)CCC[C@H]1CCC2C3CC=C4CC(O)CCC4(C)C3CCC21C. The van der Waals surface area contributed by atoms with Crippen molar-refractivity contribution >= 4 is 0 Å². The van der Waals surface area contributed by atoms with E-state index in [1.165, 1.54) is 51.4 Å². The minimum atomic E-state index is -0.513. The summed E-state index contributed by atoms with van der Waals surface area (Å²) in [5.41, 5.74) is 1.96. The van der Waals surface area contributed by atoms with E-state index in [9.17, 15) is 10.2 Å². The number of hydrogen-bond donors (Lipinski definition) is 2. The quantitative estimate of drug-likeness (QED) is 0.604. The molecule has 0 amide bonds. The molecule has 0 radical (unpaired) electrons. The summed E-state index contributed by atoms with van der Waals surface area (Å²) < 4.78 is 0. The molecule has 27 heavy (non-hydrogen) atoms. The third-order valence-electron chi connectivity index (χ3n) is 9.62. The van der Waals surface area contributed by atoms with Gasteiger partial charge in [-0.25, -0.2) is 0 Å².